The zero-order valence-corrected chi connectivity index (χ0v) is 31.1. The van der Waals surface area contributed by atoms with Crippen LogP contribution in [0.3, 0.4) is 0 Å². The molecular formula is C46H56N2. The summed E-state index contributed by atoms with van der Waals surface area (Å²) in [4.78, 5) is 4.93. The first-order chi connectivity index (χ1) is 22.9. The quantitative estimate of drug-likeness (QED) is 0.183. The fourth-order valence-corrected chi connectivity index (χ4v) is 6.55. The van der Waals surface area contributed by atoms with Crippen LogP contribution in [0.1, 0.15) is 71.6 Å². The average Bonchev–Trinajstić information content (AvgIpc) is 3.03. The van der Waals surface area contributed by atoms with E-state index in [2.05, 4.69) is 195 Å². The topological polar surface area (TPSA) is 6.48 Å². The highest BCUT2D eigenvalue weighted by Crippen LogP contribution is 2.37. The Morgan fingerprint density at radius 1 is 0.750 bits per heavy atom. The van der Waals surface area contributed by atoms with Gasteiger partial charge in [0, 0.05) is 40.9 Å². The summed E-state index contributed by atoms with van der Waals surface area (Å²) in [5.41, 5.74) is 16.1. The van der Waals surface area contributed by atoms with Crippen molar-refractivity contribution in [1.82, 2.24) is 0 Å². The van der Waals surface area contributed by atoms with Gasteiger partial charge in [-0.1, -0.05) is 105 Å². The van der Waals surface area contributed by atoms with Crippen molar-refractivity contribution in [2.75, 3.05) is 16.3 Å². The summed E-state index contributed by atoms with van der Waals surface area (Å²) < 4.78 is 0. The van der Waals surface area contributed by atoms with Crippen LogP contribution in [0.25, 0.3) is 0 Å². The fourth-order valence-electron chi connectivity index (χ4n) is 6.55. The van der Waals surface area contributed by atoms with Crippen LogP contribution in [0, 0.1) is 32.6 Å². The highest BCUT2D eigenvalue weighted by molar-refractivity contribution is 5.66. The van der Waals surface area contributed by atoms with Gasteiger partial charge in [0.05, 0.1) is 0 Å². The summed E-state index contributed by atoms with van der Waals surface area (Å²) in [6.07, 6.45) is 14.7. The van der Waals surface area contributed by atoms with Crippen molar-refractivity contribution in [2.24, 2.45) is 11.8 Å². The van der Waals surface area contributed by atoms with E-state index in [1.54, 1.807) is 0 Å². The van der Waals surface area contributed by atoms with Crippen molar-refractivity contribution in [3.63, 3.8) is 0 Å². The number of benzene rings is 3. The first-order valence-corrected chi connectivity index (χ1v) is 17.5. The van der Waals surface area contributed by atoms with Crippen molar-refractivity contribution in [3.05, 3.63) is 172 Å². The third-order valence-electron chi connectivity index (χ3n) is 9.24. The normalized spacial score (nSPS) is 17.5. The number of rotatable bonds is 12. The van der Waals surface area contributed by atoms with E-state index >= 15 is 0 Å². The van der Waals surface area contributed by atoms with E-state index in [1.165, 1.54) is 67.4 Å². The number of hydrogen-bond acceptors (Lipinski definition) is 2. The Morgan fingerprint density at radius 2 is 1.29 bits per heavy atom. The Bertz CT molecular complexity index is 1760. The molecule has 48 heavy (non-hydrogen) atoms. The average molecular weight is 637 g/mol. The Morgan fingerprint density at radius 3 is 1.81 bits per heavy atom. The van der Waals surface area contributed by atoms with Gasteiger partial charge in [0.2, 0.25) is 0 Å². The molecule has 0 saturated carbocycles. The maximum absolute atomic E-state index is 4.27. The number of allylic oxidation sites excluding steroid dienone is 12. The van der Waals surface area contributed by atoms with E-state index < -0.39 is 0 Å². The molecule has 0 fully saturated rings. The lowest BCUT2D eigenvalue weighted by Crippen LogP contribution is -2.29. The van der Waals surface area contributed by atoms with E-state index in [4.69, 9.17) is 0 Å². The lowest BCUT2D eigenvalue weighted by Gasteiger charge is -2.37. The third-order valence-corrected chi connectivity index (χ3v) is 9.24. The van der Waals surface area contributed by atoms with Crippen molar-refractivity contribution >= 4 is 17.1 Å². The highest BCUT2D eigenvalue weighted by Gasteiger charge is 2.26. The van der Waals surface area contributed by atoms with Crippen molar-refractivity contribution in [1.29, 1.82) is 0 Å². The molecule has 2 heteroatoms. The summed E-state index contributed by atoms with van der Waals surface area (Å²) in [6.45, 7) is 27.3. The lowest BCUT2D eigenvalue weighted by molar-refractivity contribution is 0.511. The number of anilines is 3. The van der Waals surface area contributed by atoms with Crippen LogP contribution in [-0.4, -0.2) is 6.54 Å². The molecule has 3 aromatic carbocycles. The molecule has 250 valence electrons. The van der Waals surface area contributed by atoms with Crippen LogP contribution in [0.15, 0.2) is 155 Å². The minimum atomic E-state index is 0.407. The second kappa shape index (κ2) is 16.5. The second-order valence-corrected chi connectivity index (χ2v) is 13.8. The summed E-state index contributed by atoms with van der Waals surface area (Å²) in [5.74, 6) is 0.884. The molecule has 2 nitrogen and oxygen atoms in total. The summed E-state index contributed by atoms with van der Waals surface area (Å²) in [5, 5.41) is 0. The molecule has 2 atom stereocenters. The van der Waals surface area contributed by atoms with Crippen LogP contribution >= 0.6 is 0 Å². The van der Waals surface area contributed by atoms with Gasteiger partial charge < -0.3 is 9.80 Å². The molecule has 0 N–H and O–H groups in total. The largest absolute Gasteiger partial charge is 0.337 e. The standard InChI is InChI=1S/C46H56N2/c1-12-45(48(44-23-15-19-35(6)29-44)46-24-16-20-37(8)40(46)11)39(10)30-38(9)41(25-32(2)3)26-36(7)31-47(42-21-13-17-33(4)27-42)43-22-14-18-34(5)28-43/h13-30,37,40H,2,12,31H2,1,3-11H3/b36-26-,38-30+,41-25+,45-39+. The number of nitrogens with zero attached hydrogens (tertiary/aromatic N) is 2. The van der Waals surface area contributed by atoms with E-state index in [0.29, 0.717) is 11.8 Å². The molecule has 1 aliphatic rings. The zero-order chi connectivity index (χ0) is 35.0. The Balaban J connectivity index is 1.77. The molecule has 0 bridgehead atoms. The fraction of sp³-hybridized carbons (Fsp3) is 0.304. The van der Waals surface area contributed by atoms with Gasteiger partial charge in [-0.15, -0.1) is 0 Å². The minimum Gasteiger partial charge on any atom is -0.337 e. The van der Waals surface area contributed by atoms with Gasteiger partial charge >= 0.3 is 0 Å². The molecule has 0 radical (unpaired) electrons. The van der Waals surface area contributed by atoms with Crippen LogP contribution in [0.4, 0.5) is 17.1 Å². The van der Waals surface area contributed by atoms with E-state index in [0.717, 1.165) is 18.5 Å². The predicted molar refractivity (Wildman–Crippen MR) is 212 cm³/mol. The maximum Gasteiger partial charge on any atom is 0.0458 e. The number of hydrogen-bond donors (Lipinski definition) is 0. The summed E-state index contributed by atoms with van der Waals surface area (Å²) in [7, 11) is 0. The monoisotopic (exact) mass is 636 g/mol. The molecule has 1 aliphatic carbocycles. The van der Waals surface area contributed by atoms with Gasteiger partial charge in [-0.05, 0) is 137 Å². The molecule has 4 rings (SSSR count). The van der Waals surface area contributed by atoms with Gasteiger partial charge in [-0.3, -0.25) is 0 Å². The number of aryl methyl sites for hydroxylation is 3. The van der Waals surface area contributed by atoms with Crippen LogP contribution in [0.2, 0.25) is 0 Å². The predicted octanol–water partition coefficient (Wildman–Crippen LogP) is 13.1. The van der Waals surface area contributed by atoms with E-state index in [-0.39, 0.29) is 0 Å². The van der Waals surface area contributed by atoms with E-state index in [9.17, 15) is 0 Å². The molecular weight excluding hydrogens is 581 g/mol. The SMILES string of the molecule is C=C(C)/C=C(\C=C(\C)CN(c1cccc(C)c1)c1cccc(C)c1)C(/C)=C/C(C)=C(\CC)N(C1=CC=CC(C)C1C)c1cccc(C)c1. The molecule has 0 spiro atoms. The minimum absolute atomic E-state index is 0.407. The van der Waals surface area contributed by atoms with Gasteiger partial charge in [0.15, 0.2) is 0 Å². The van der Waals surface area contributed by atoms with Gasteiger partial charge in [0.1, 0.15) is 0 Å². The Hall–Kier alpha value is -4.56. The van der Waals surface area contributed by atoms with Gasteiger partial charge in [-0.2, -0.15) is 0 Å². The van der Waals surface area contributed by atoms with Gasteiger partial charge in [0.25, 0.3) is 0 Å². The van der Waals surface area contributed by atoms with Gasteiger partial charge in [-0.25, -0.2) is 0 Å². The summed E-state index contributed by atoms with van der Waals surface area (Å²) >= 11 is 0. The smallest absolute Gasteiger partial charge is 0.0458 e. The highest BCUT2D eigenvalue weighted by atomic mass is 15.2. The van der Waals surface area contributed by atoms with Crippen LogP contribution in [-0.2, 0) is 0 Å². The zero-order valence-electron chi connectivity index (χ0n) is 31.1. The molecule has 0 amide bonds. The molecule has 0 heterocycles. The summed E-state index contributed by atoms with van der Waals surface area (Å²) in [6, 6.07) is 26.5. The first-order valence-electron chi connectivity index (χ1n) is 17.5. The van der Waals surface area contributed by atoms with Crippen LogP contribution in [0.5, 0.6) is 0 Å². The third kappa shape index (κ3) is 9.28. The van der Waals surface area contributed by atoms with Crippen molar-refractivity contribution in [2.45, 2.75) is 75.7 Å². The maximum atomic E-state index is 4.27. The van der Waals surface area contributed by atoms with E-state index in [1.807, 2.05) is 0 Å². The second-order valence-electron chi connectivity index (χ2n) is 13.8. The van der Waals surface area contributed by atoms with Crippen LogP contribution < -0.4 is 9.80 Å². The Kier molecular flexibility index (Phi) is 12.5. The molecule has 0 aliphatic heterocycles. The first kappa shape index (κ1) is 36.3. The Labute approximate surface area is 291 Å². The molecule has 2 unspecified atom stereocenters. The van der Waals surface area contributed by atoms with Crippen molar-refractivity contribution in [3.8, 4) is 0 Å². The lowest BCUT2D eigenvalue weighted by atomic mass is 9.87. The molecule has 0 saturated heterocycles. The van der Waals surface area contributed by atoms with Crippen molar-refractivity contribution < 1.29 is 0 Å². The molecule has 0 aromatic heterocycles. The molecule has 3 aromatic rings.